The largest absolute Gasteiger partial charge is 0.493 e. The SMILES string of the molecule is COc1ccc2cc1OCC(=O)NCc1ccc(cc1)O[C@H]1CN(C(=O)c3cc(-c4cnn(C)c4C)on3)C[C@@H]1NC2=O. The highest BCUT2D eigenvalue weighted by Gasteiger charge is 2.39. The van der Waals surface area contributed by atoms with E-state index >= 15 is 0 Å². The fraction of sp³-hybridized carbons (Fsp3) is 0.300. The summed E-state index contributed by atoms with van der Waals surface area (Å²) < 4.78 is 24.5. The molecule has 2 atom stereocenters. The van der Waals surface area contributed by atoms with Gasteiger partial charge in [0.1, 0.15) is 11.9 Å². The summed E-state index contributed by atoms with van der Waals surface area (Å²) >= 11 is 0. The van der Waals surface area contributed by atoms with Crippen LogP contribution < -0.4 is 24.8 Å². The normalized spacial score (nSPS) is 18.6. The number of nitrogens with one attached hydrogen (secondary N) is 2. The van der Waals surface area contributed by atoms with Crippen molar-refractivity contribution in [2.75, 3.05) is 26.8 Å². The number of rotatable bonds is 3. The van der Waals surface area contributed by atoms with Gasteiger partial charge in [0.05, 0.1) is 31.5 Å². The van der Waals surface area contributed by atoms with Crippen LogP contribution in [0, 0.1) is 6.92 Å². The van der Waals surface area contributed by atoms with E-state index in [2.05, 4.69) is 20.9 Å². The number of aromatic nitrogens is 3. The molecular formula is C30H30N6O7. The van der Waals surface area contributed by atoms with Gasteiger partial charge < -0.3 is 34.3 Å². The molecule has 3 aliphatic heterocycles. The van der Waals surface area contributed by atoms with Crippen LogP contribution in [0.4, 0.5) is 0 Å². The summed E-state index contributed by atoms with van der Waals surface area (Å²) in [6, 6.07) is 13.0. The second-order valence-electron chi connectivity index (χ2n) is 10.4. The summed E-state index contributed by atoms with van der Waals surface area (Å²) in [5.74, 6) is 0.549. The van der Waals surface area contributed by atoms with E-state index in [1.807, 2.05) is 26.1 Å². The molecule has 0 radical (unpaired) electrons. The maximum absolute atomic E-state index is 13.5. The highest BCUT2D eigenvalue weighted by Crippen LogP contribution is 2.29. The molecule has 13 nitrogen and oxygen atoms in total. The Hall–Kier alpha value is -5.33. The second-order valence-corrected chi connectivity index (χ2v) is 10.4. The first-order chi connectivity index (χ1) is 20.8. The van der Waals surface area contributed by atoms with Crippen molar-refractivity contribution in [3.8, 4) is 28.6 Å². The number of fused-ring (bicyclic) bond motifs is 7. The molecule has 0 unspecified atom stereocenters. The molecule has 1 saturated heterocycles. The van der Waals surface area contributed by atoms with Crippen LogP contribution >= 0.6 is 0 Å². The summed E-state index contributed by atoms with van der Waals surface area (Å²) in [4.78, 5) is 40.9. The van der Waals surface area contributed by atoms with E-state index in [1.54, 1.807) is 46.1 Å². The van der Waals surface area contributed by atoms with Crippen LogP contribution in [0.5, 0.6) is 17.2 Å². The zero-order valence-electron chi connectivity index (χ0n) is 23.8. The molecule has 3 aliphatic rings. The lowest BCUT2D eigenvalue weighted by molar-refractivity contribution is -0.123. The average Bonchev–Trinajstić information content (AvgIpc) is 3.74. The van der Waals surface area contributed by atoms with Gasteiger partial charge in [-0.1, -0.05) is 17.3 Å². The van der Waals surface area contributed by atoms with Gasteiger partial charge in [-0.15, -0.1) is 0 Å². The molecule has 7 rings (SSSR count). The third-order valence-corrected chi connectivity index (χ3v) is 7.58. The minimum absolute atomic E-state index is 0.141. The molecule has 0 aliphatic carbocycles. The van der Waals surface area contributed by atoms with Crippen molar-refractivity contribution in [1.29, 1.82) is 0 Å². The highest BCUT2D eigenvalue weighted by atomic mass is 16.5. The summed E-state index contributed by atoms with van der Waals surface area (Å²) in [7, 11) is 3.29. The molecule has 0 saturated carbocycles. The summed E-state index contributed by atoms with van der Waals surface area (Å²) in [5, 5.41) is 14.1. The Morgan fingerprint density at radius 3 is 2.65 bits per heavy atom. The molecule has 2 aromatic carbocycles. The number of hydrogen-bond donors (Lipinski definition) is 2. The second kappa shape index (κ2) is 11.5. The van der Waals surface area contributed by atoms with E-state index in [-0.39, 0.29) is 43.0 Å². The van der Waals surface area contributed by atoms with Gasteiger partial charge in [-0.2, -0.15) is 5.10 Å². The van der Waals surface area contributed by atoms with Crippen molar-refractivity contribution < 1.29 is 33.1 Å². The van der Waals surface area contributed by atoms with Gasteiger partial charge in [-0.3, -0.25) is 19.1 Å². The van der Waals surface area contributed by atoms with Crippen molar-refractivity contribution in [3.05, 3.63) is 77.2 Å². The van der Waals surface area contributed by atoms with Crippen molar-refractivity contribution in [2.45, 2.75) is 25.6 Å². The molecular weight excluding hydrogens is 556 g/mol. The van der Waals surface area contributed by atoms with Gasteiger partial charge in [0.2, 0.25) is 0 Å². The maximum atomic E-state index is 13.5. The van der Waals surface area contributed by atoms with Crippen LogP contribution in [0.1, 0.15) is 32.1 Å². The first-order valence-corrected chi connectivity index (χ1v) is 13.7. The van der Waals surface area contributed by atoms with E-state index in [4.69, 9.17) is 18.7 Å². The fourth-order valence-electron chi connectivity index (χ4n) is 5.04. The van der Waals surface area contributed by atoms with Crippen molar-refractivity contribution >= 4 is 17.7 Å². The quantitative estimate of drug-likeness (QED) is 0.368. The van der Waals surface area contributed by atoms with Crippen LogP contribution in [0.15, 0.2) is 59.3 Å². The molecule has 5 heterocycles. The molecule has 1 fully saturated rings. The van der Waals surface area contributed by atoms with Crippen LogP contribution in [-0.2, 0) is 18.4 Å². The smallest absolute Gasteiger partial charge is 0.276 e. The molecule has 3 amide bonds. The van der Waals surface area contributed by atoms with E-state index in [0.717, 1.165) is 16.8 Å². The number of likely N-dealkylation sites (tertiary alicyclic amines) is 1. The van der Waals surface area contributed by atoms with Gasteiger partial charge in [0.15, 0.2) is 29.6 Å². The molecule has 2 aromatic heterocycles. The summed E-state index contributed by atoms with van der Waals surface area (Å²) in [5.41, 5.74) is 2.91. The molecule has 2 N–H and O–H groups in total. The molecule has 43 heavy (non-hydrogen) atoms. The molecule has 222 valence electrons. The van der Waals surface area contributed by atoms with E-state index in [9.17, 15) is 14.4 Å². The number of ether oxygens (including phenoxy) is 3. The number of amides is 3. The van der Waals surface area contributed by atoms with Gasteiger partial charge in [-0.25, -0.2) is 0 Å². The van der Waals surface area contributed by atoms with Crippen LogP contribution in [0.2, 0.25) is 0 Å². The predicted molar refractivity (Wildman–Crippen MR) is 152 cm³/mol. The molecule has 4 aromatic rings. The number of nitrogens with zero attached hydrogens (tertiary/aromatic N) is 4. The first-order valence-electron chi connectivity index (χ1n) is 13.7. The van der Waals surface area contributed by atoms with E-state index in [0.29, 0.717) is 29.4 Å². The zero-order valence-corrected chi connectivity index (χ0v) is 23.8. The van der Waals surface area contributed by atoms with Crippen LogP contribution in [0.25, 0.3) is 11.3 Å². The summed E-state index contributed by atoms with van der Waals surface area (Å²) in [6.45, 7) is 2.32. The number of aryl methyl sites for hydroxylation is 1. The van der Waals surface area contributed by atoms with Crippen molar-refractivity contribution in [2.24, 2.45) is 7.05 Å². The fourth-order valence-corrected chi connectivity index (χ4v) is 5.04. The molecule has 4 bridgehead atoms. The van der Waals surface area contributed by atoms with E-state index < -0.39 is 18.1 Å². The standard InChI is InChI=1S/C30H30N6O7/c1-17-21(13-32-35(17)2)25-11-22(34-43-25)30(39)36-14-23-27(15-36)42-20-7-4-18(5-8-20)12-31-28(37)16-41-26-10-19(29(38)33-23)6-9-24(26)40-3/h4-11,13,23,27H,12,14-16H2,1-3H3,(H,31,37)(H,33,38)/t23-,27-/m0/s1. The van der Waals surface area contributed by atoms with Crippen molar-refractivity contribution in [3.63, 3.8) is 0 Å². The van der Waals surface area contributed by atoms with Gasteiger partial charge in [-0.05, 0) is 42.8 Å². The van der Waals surface area contributed by atoms with Crippen molar-refractivity contribution in [1.82, 2.24) is 30.5 Å². The number of carbonyl (C=O) groups is 3. The highest BCUT2D eigenvalue weighted by molar-refractivity contribution is 5.96. The molecule has 0 spiro atoms. The van der Waals surface area contributed by atoms with Gasteiger partial charge in [0.25, 0.3) is 17.7 Å². The predicted octanol–water partition coefficient (Wildman–Crippen LogP) is 2.10. The minimum atomic E-state index is -0.560. The van der Waals surface area contributed by atoms with E-state index in [1.165, 1.54) is 13.2 Å². The Morgan fingerprint density at radius 2 is 1.91 bits per heavy atom. The Morgan fingerprint density at radius 1 is 1.09 bits per heavy atom. The summed E-state index contributed by atoms with van der Waals surface area (Å²) in [6.07, 6.45) is 1.10. The lowest BCUT2D eigenvalue weighted by atomic mass is 10.1. The first kappa shape index (κ1) is 27.8. The van der Waals surface area contributed by atoms with Crippen LogP contribution in [-0.4, -0.2) is 76.5 Å². The third kappa shape index (κ3) is 5.73. The lowest BCUT2D eigenvalue weighted by Gasteiger charge is -2.21. The Kier molecular flexibility index (Phi) is 7.45. The zero-order chi connectivity index (χ0) is 30.1. The van der Waals surface area contributed by atoms with Gasteiger partial charge in [0, 0.05) is 37.5 Å². The third-order valence-electron chi connectivity index (χ3n) is 7.58. The average molecular weight is 587 g/mol. The number of hydrogen-bond acceptors (Lipinski definition) is 9. The van der Waals surface area contributed by atoms with Gasteiger partial charge >= 0.3 is 0 Å². The molecule has 13 heteroatoms. The monoisotopic (exact) mass is 586 g/mol. The number of benzene rings is 2. The number of methoxy groups -OCH3 is 1. The Bertz CT molecular complexity index is 1680. The Balaban J connectivity index is 1.27. The number of carbonyl (C=O) groups excluding carboxylic acids is 3. The topological polar surface area (TPSA) is 150 Å². The lowest BCUT2D eigenvalue weighted by Crippen LogP contribution is -2.45. The Labute approximate surface area is 246 Å². The van der Waals surface area contributed by atoms with Crippen LogP contribution in [0.3, 0.4) is 0 Å². The minimum Gasteiger partial charge on any atom is -0.493 e. The maximum Gasteiger partial charge on any atom is 0.276 e.